The number of rotatable bonds is 7. The van der Waals surface area contributed by atoms with Crippen LogP contribution in [0.5, 0.6) is 0 Å². The summed E-state index contributed by atoms with van der Waals surface area (Å²) < 4.78 is 6.78. The fourth-order valence-corrected chi connectivity index (χ4v) is 13.9. The van der Waals surface area contributed by atoms with E-state index in [2.05, 4.69) is 137 Å². The van der Waals surface area contributed by atoms with Crippen molar-refractivity contribution in [2.75, 3.05) is 0 Å². The van der Waals surface area contributed by atoms with Crippen LogP contribution < -0.4 is 15.9 Å². The minimum atomic E-state index is -3.22. The molecule has 0 spiro atoms. The van der Waals surface area contributed by atoms with E-state index in [0.717, 1.165) is 25.0 Å². The van der Waals surface area contributed by atoms with Crippen LogP contribution in [-0.2, 0) is 11.3 Å². The Balaban J connectivity index is 1.82. The molecule has 0 aromatic heterocycles. The molecule has 3 heteroatoms. The van der Waals surface area contributed by atoms with Crippen molar-refractivity contribution in [1.82, 2.24) is 0 Å². The van der Waals surface area contributed by atoms with Gasteiger partial charge < -0.3 is 0 Å². The fraction of sp³-hybridized carbons (Fsp3) is 0.188. The first-order valence-corrected chi connectivity index (χ1v) is 16.8. The molecule has 1 aliphatic rings. The van der Waals surface area contributed by atoms with Gasteiger partial charge in [0.1, 0.15) is 0 Å². The van der Waals surface area contributed by atoms with Crippen LogP contribution in [0.4, 0.5) is 0 Å². The van der Waals surface area contributed by atoms with Gasteiger partial charge in [-0.05, 0) is 0 Å². The maximum absolute atomic E-state index is 6.78. The minimum absolute atomic E-state index is 0.595. The zero-order valence-corrected chi connectivity index (χ0v) is 22.5. The molecule has 0 saturated carbocycles. The van der Waals surface area contributed by atoms with Gasteiger partial charge >= 0.3 is 218 Å². The molecule has 0 aliphatic heterocycles. The maximum atomic E-state index is 6.78. The molecule has 0 saturated heterocycles. The van der Waals surface area contributed by atoms with E-state index in [1.165, 1.54) is 39.6 Å². The Labute approximate surface area is 217 Å². The topological polar surface area (TPSA) is 9.23 Å². The molecule has 0 unspecified atom stereocenters. The first-order chi connectivity index (χ1) is 17.2. The summed E-state index contributed by atoms with van der Waals surface area (Å²) >= 11 is 4.67. The Morgan fingerprint density at radius 2 is 0.971 bits per heavy atom. The Bertz CT molecular complexity index is 1170. The first-order valence-electron chi connectivity index (χ1n) is 12.5. The summed E-state index contributed by atoms with van der Waals surface area (Å²) in [5, 5.41) is 2.20. The third kappa shape index (κ3) is 4.39. The van der Waals surface area contributed by atoms with E-state index < -0.39 is 5.31 Å². The molecule has 0 amide bonds. The predicted molar refractivity (Wildman–Crippen MR) is 155 cm³/mol. The summed E-state index contributed by atoms with van der Waals surface area (Å²) in [5.41, 5.74) is 1.21. The van der Waals surface area contributed by atoms with E-state index in [4.69, 9.17) is 4.74 Å². The third-order valence-electron chi connectivity index (χ3n) is 7.13. The zero-order valence-electron chi connectivity index (χ0n) is 20.0. The molecule has 0 bridgehead atoms. The van der Waals surface area contributed by atoms with Gasteiger partial charge in [-0.2, -0.15) is 0 Å². The van der Waals surface area contributed by atoms with Gasteiger partial charge in [0, 0.05) is 0 Å². The summed E-state index contributed by atoms with van der Waals surface area (Å²) in [7, 11) is 0. The predicted octanol–water partition coefficient (Wildman–Crippen LogP) is 8.22. The van der Waals surface area contributed by atoms with Gasteiger partial charge in [0.2, 0.25) is 0 Å². The molecule has 0 fully saturated rings. The van der Waals surface area contributed by atoms with Gasteiger partial charge in [0.15, 0.2) is 0 Å². The summed E-state index contributed by atoms with van der Waals surface area (Å²) in [4.78, 5) is 0. The van der Waals surface area contributed by atoms with Crippen LogP contribution in [-0.4, -0.2) is 0 Å². The standard InChI is InChI=1S/C32H32BrOP/c33-35(28-18-8-2-9-19-28,29-20-10-3-11-21-29,30-22-12-4-13-23-30)32-25-15-5-14-24-31(32)34-26-27-16-6-1-7-17-27/h1-4,6-13,16-23H,5,14-15,24-26H2. The average molecular weight is 543 g/mol. The number of halogens is 1. The first kappa shape index (κ1) is 24.0. The fourth-order valence-electron chi connectivity index (χ4n) is 5.42. The van der Waals surface area contributed by atoms with Crippen LogP contribution in [0.25, 0.3) is 0 Å². The molecule has 1 nitrogen and oxygen atoms in total. The van der Waals surface area contributed by atoms with E-state index in [0.29, 0.717) is 6.61 Å². The van der Waals surface area contributed by atoms with Crippen LogP contribution in [0.3, 0.4) is 0 Å². The van der Waals surface area contributed by atoms with Crippen molar-refractivity contribution in [3.05, 3.63) is 138 Å². The second-order valence-electron chi connectivity index (χ2n) is 9.22. The summed E-state index contributed by atoms with van der Waals surface area (Å²) in [6.45, 7) is 0.595. The molecular formula is C32H32BrOP. The van der Waals surface area contributed by atoms with Crippen LogP contribution in [0.15, 0.2) is 132 Å². The molecule has 0 heterocycles. The van der Waals surface area contributed by atoms with Crippen molar-refractivity contribution in [2.24, 2.45) is 0 Å². The van der Waals surface area contributed by atoms with Crippen molar-refractivity contribution in [3.63, 3.8) is 0 Å². The number of hydrogen-bond donors (Lipinski definition) is 0. The second-order valence-corrected chi connectivity index (χ2v) is 17.6. The van der Waals surface area contributed by atoms with Gasteiger partial charge in [0.25, 0.3) is 0 Å². The molecular weight excluding hydrogens is 511 g/mol. The zero-order chi connectivity index (χ0) is 24.0. The van der Waals surface area contributed by atoms with E-state index in [-0.39, 0.29) is 0 Å². The summed E-state index contributed by atoms with van der Waals surface area (Å²) in [5.74, 6) is 1.16. The number of allylic oxidation sites excluding steroid dienone is 2. The van der Waals surface area contributed by atoms with Crippen LogP contribution in [0, 0.1) is 0 Å². The van der Waals surface area contributed by atoms with Crippen LogP contribution in [0.2, 0.25) is 0 Å². The van der Waals surface area contributed by atoms with Crippen LogP contribution >= 0.6 is 20.8 Å². The average Bonchev–Trinajstić information content (AvgIpc) is 3.20. The number of ether oxygens (including phenoxy) is 1. The van der Waals surface area contributed by atoms with Crippen molar-refractivity contribution in [2.45, 2.75) is 38.7 Å². The van der Waals surface area contributed by atoms with Crippen molar-refractivity contribution in [3.8, 4) is 0 Å². The monoisotopic (exact) mass is 542 g/mol. The van der Waals surface area contributed by atoms with E-state index in [1.54, 1.807) is 0 Å². The van der Waals surface area contributed by atoms with Crippen molar-refractivity contribution < 1.29 is 4.74 Å². The van der Waals surface area contributed by atoms with Crippen LogP contribution in [0.1, 0.15) is 37.7 Å². The molecule has 178 valence electrons. The molecule has 4 aromatic rings. The second kappa shape index (κ2) is 10.5. The SMILES string of the molecule is BrP(C1=C(OCc2ccccc2)CCCCC1)(c1ccccc1)(c1ccccc1)c1ccccc1. The van der Waals surface area contributed by atoms with Gasteiger partial charge in [-0.1, -0.05) is 0 Å². The summed E-state index contributed by atoms with van der Waals surface area (Å²) in [6, 6.07) is 43.7. The van der Waals surface area contributed by atoms with Gasteiger partial charge in [-0.3, -0.25) is 0 Å². The third-order valence-corrected chi connectivity index (χ3v) is 17.4. The molecule has 0 atom stereocenters. The Morgan fingerprint density at radius 3 is 1.46 bits per heavy atom. The van der Waals surface area contributed by atoms with E-state index >= 15 is 0 Å². The summed E-state index contributed by atoms with van der Waals surface area (Å²) in [6.07, 6.45) is 5.54. The van der Waals surface area contributed by atoms with E-state index in [9.17, 15) is 0 Å². The molecule has 1 aliphatic carbocycles. The van der Waals surface area contributed by atoms with Gasteiger partial charge in [0.05, 0.1) is 0 Å². The molecule has 0 radical (unpaired) electrons. The number of hydrogen-bond acceptors (Lipinski definition) is 1. The molecule has 0 N–H and O–H groups in total. The Morgan fingerprint density at radius 1 is 0.543 bits per heavy atom. The Kier molecular flexibility index (Phi) is 7.23. The quantitative estimate of drug-likeness (QED) is 0.214. The van der Waals surface area contributed by atoms with Gasteiger partial charge in [-0.25, -0.2) is 0 Å². The van der Waals surface area contributed by atoms with E-state index in [1.807, 2.05) is 0 Å². The number of benzene rings is 4. The molecule has 5 rings (SSSR count). The normalized spacial score (nSPS) is 15.6. The Hall–Kier alpha value is -2.67. The van der Waals surface area contributed by atoms with Crippen molar-refractivity contribution >= 4 is 36.7 Å². The molecule has 35 heavy (non-hydrogen) atoms. The van der Waals surface area contributed by atoms with Crippen molar-refractivity contribution in [1.29, 1.82) is 0 Å². The van der Waals surface area contributed by atoms with Gasteiger partial charge in [-0.15, -0.1) is 0 Å². The molecule has 4 aromatic carbocycles.